The first-order chi connectivity index (χ1) is 12.1. The highest BCUT2D eigenvalue weighted by Gasteiger charge is 2.40. The first-order valence-corrected chi connectivity index (χ1v) is 9.30. The van der Waals surface area contributed by atoms with Crippen LogP contribution in [0.5, 0.6) is 5.75 Å². The van der Waals surface area contributed by atoms with Crippen LogP contribution in [-0.4, -0.2) is 36.9 Å². The van der Waals surface area contributed by atoms with Gasteiger partial charge in [0.25, 0.3) is 0 Å². The normalized spacial score (nSPS) is 24.2. The van der Waals surface area contributed by atoms with Crippen LogP contribution in [0.3, 0.4) is 0 Å². The fourth-order valence-electron chi connectivity index (χ4n) is 4.43. The predicted octanol–water partition coefficient (Wildman–Crippen LogP) is 3.31. The van der Waals surface area contributed by atoms with E-state index in [-0.39, 0.29) is 18.4 Å². The molecule has 136 valence electrons. The molecule has 0 aliphatic heterocycles. The molecule has 3 rings (SSSR count). The predicted molar refractivity (Wildman–Crippen MR) is 97.4 cm³/mol. The van der Waals surface area contributed by atoms with Crippen molar-refractivity contribution in [2.24, 2.45) is 17.8 Å². The van der Waals surface area contributed by atoms with E-state index < -0.39 is 0 Å². The van der Waals surface area contributed by atoms with Gasteiger partial charge in [0.15, 0.2) is 0 Å². The first kappa shape index (κ1) is 17.8. The number of fused-ring (bicyclic) bond motifs is 2. The van der Waals surface area contributed by atoms with Crippen LogP contribution in [0.25, 0.3) is 0 Å². The van der Waals surface area contributed by atoms with E-state index in [2.05, 4.69) is 5.32 Å². The number of nitrogens with one attached hydrogen (secondary N) is 1. The van der Waals surface area contributed by atoms with Crippen LogP contribution >= 0.6 is 0 Å². The molecule has 1 N–H and O–H groups in total. The van der Waals surface area contributed by atoms with Crippen LogP contribution in [0, 0.1) is 17.8 Å². The number of rotatable bonds is 7. The Morgan fingerprint density at radius 2 is 2.12 bits per heavy atom. The van der Waals surface area contributed by atoms with Gasteiger partial charge in [-0.25, -0.2) is 0 Å². The lowest BCUT2D eigenvalue weighted by atomic mass is 9.86. The quantitative estimate of drug-likeness (QED) is 0.825. The van der Waals surface area contributed by atoms with Crippen molar-refractivity contribution in [3.05, 3.63) is 24.3 Å². The highest BCUT2D eigenvalue weighted by Crippen LogP contribution is 2.49. The average molecular weight is 344 g/mol. The minimum atomic E-state index is -0.170. The van der Waals surface area contributed by atoms with Gasteiger partial charge in [0.05, 0.1) is 13.7 Å². The number of methoxy groups -OCH3 is 1. The Hall–Kier alpha value is -2.04. The van der Waals surface area contributed by atoms with Gasteiger partial charge in [-0.15, -0.1) is 0 Å². The molecule has 0 saturated heterocycles. The summed E-state index contributed by atoms with van der Waals surface area (Å²) in [4.78, 5) is 26.6. The SMILES string of the molecule is CCN(CC(=O)Nc1cccc(OC)c1)C(=O)CC1CC2CCC1C2. The summed E-state index contributed by atoms with van der Waals surface area (Å²) >= 11 is 0. The van der Waals surface area contributed by atoms with Crippen molar-refractivity contribution in [1.29, 1.82) is 0 Å². The van der Waals surface area contributed by atoms with Crippen molar-refractivity contribution in [1.82, 2.24) is 4.90 Å². The van der Waals surface area contributed by atoms with Gasteiger partial charge >= 0.3 is 0 Å². The van der Waals surface area contributed by atoms with Gasteiger partial charge < -0.3 is 15.0 Å². The second kappa shape index (κ2) is 7.89. The third kappa shape index (κ3) is 4.33. The van der Waals surface area contributed by atoms with E-state index in [0.29, 0.717) is 30.3 Å². The van der Waals surface area contributed by atoms with Gasteiger partial charge in [0.1, 0.15) is 5.75 Å². The first-order valence-electron chi connectivity index (χ1n) is 9.30. The van der Waals surface area contributed by atoms with Crippen LogP contribution in [-0.2, 0) is 9.59 Å². The summed E-state index contributed by atoms with van der Waals surface area (Å²) in [6.45, 7) is 2.59. The van der Waals surface area contributed by atoms with E-state index >= 15 is 0 Å². The standard InChI is InChI=1S/C20H28N2O3/c1-3-22(20(24)11-16-10-14-7-8-15(16)9-14)13-19(23)21-17-5-4-6-18(12-17)25-2/h4-6,12,14-16H,3,7-11,13H2,1-2H3,(H,21,23). The number of nitrogens with zero attached hydrogens (tertiary/aromatic N) is 1. The molecule has 3 unspecified atom stereocenters. The molecule has 3 atom stereocenters. The molecule has 0 aromatic heterocycles. The summed E-state index contributed by atoms with van der Waals surface area (Å²) in [5.41, 5.74) is 0.681. The Labute approximate surface area is 149 Å². The van der Waals surface area contributed by atoms with E-state index in [1.165, 1.54) is 25.7 Å². The van der Waals surface area contributed by atoms with Crippen molar-refractivity contribution < 1.29 is 14.3 Å². The zero-order valence-corrected chi connectivity index (χ0v) is 15.2. The Balaban J connectivity index is 1.52. The number of carbonyl (C=O) groups is 2. The third-order valence-corrected chi connectivity index (χ3v) is 5.74. The Morgan fingerprint density at radius 3 is 2.76 bits per heavy atom. The lowest BCUT2D eigenvalue weighted by Crippen LogP contribution is -2.39. The summed E-state index contributed by atoms with van der Waals surface area (Å²) in [6.07, 6.45) is 5.73. The monoisotopic (exact) mass is 344 g/mol. The van der Waals surface area contributed by atoms with Crippen molar-refractivity contribution in [3.8, 4) is 5.75 Å². The molecule has 2 saturated carbocycles. The number of hydrogen-bond acceptors (Lipinski definition) is 3. The van der Waals surface area contributed by atoms with Gasteiger partial charge in [-0.3, -0.25) is 9.59 Å². The lowest BCUT2D eigenvalue weighted by Gasteiger charge is -2.26. The molecule has 25 heavy (non-hydrogen) atoms. The van der Waals surface area contributed by atoms with Crippen LogP contribution in [0.2, 0.25) is 0 Å². The second-order valence-corrected chi connectivity index (χ2v) is 7.33. The number of carbonyl (C=O) groups excluding carboxylic acids is 2. The molecule has 2 bridgehead atoms. The van der Waals surface area contributed by atoms with Gasteiger partial charge in [0, 0.05) is 24.7 Å². The maximum absolute atomic E-state index is 12.6. The van der Waals surface area contributed by atoms with E-state index in [1.54, 1.807) is 18.1 Å². The highest BCUT2D eigenvalue weighted by molar-refractivity contribution is 5.94. The van der Waals surface area contributed by atoms with Crippen molar-refractivity contribution in [3.63, 3.8) is 0 Å². The molecule has 5 heteroatoms. The van der Waals surface area contributed by atoms with Crippen LogP contribution < -0.4 is 10.1 Å². The molecule has 2 aliphatic carbocycles. The summed E-state index contributed by atoms with van der Waals surface area (Å²) < 4.78 is 5.16. The minimum Gasteiger partial charge on any atom is -0.497 e. The molecule has 0 spiro atoms. The molecule has 2 aliphatic rings. The molecule has 0 radical (unpaired) electrons. The maximum atomic E-state index is 12.6. The zero-order chi connectivity index (χ0) is 17.8. The van der Waals surface area contributed by atoms with Gasteiger partial charge in [0.2, 0.25) is 11.8 Å². The third-order valence-electron chi connectivity index (χ3n) is 5.74. The topological polar surface area (TPSA) is 58.6 Å². The second-order valence-electron chi connectivity index (χ2n) is 7.33. The number of amides is 2. The van der Waals surface area contributed by atoms with Crippen molar-refractivity contribution >= 4 is 17.5 Å². The number of benzene rings is 1. The largest absolute Gasteiger partial charge is 0.497 e. The lowest BCUT2D eigenvalue weighted by molar-refractivity contribution is -0.135. The van der Waals surface area contributed by atoms with Crippen LogP contribution in [0.15, 0.2) is 24.3 Å². The van der Waals surface area contributed by atoms with E-state index in [4.69, 9.17) is 4.74 Å². The smallest absolute Gasteiger partial charge is 0.243 e. The summed E-state index contributed by atoms with van der Waals surface area (Å²) in [5, 5.41) is 2.84. The zero-order valence-electron chi connectivity index (χ0n) is 15.2. The van der Waals surface area contributed by atoms with E-state index in [1.807, 2.05) is 25.1 Å². The number of ether oxygens (including phenoxy) is 1. The molecule has 1 aromatic rings. The van der Waals surface area contributed by atoms with Gasteiger partial charge in [-0.1, -0.05) is 12.5 Å². The Morgan fingerprint density at radius 1 is 1.28 bits per heavy atom. The Kier molecular flexibility index (Phi) is 5.61. The summed E-state index contributed by atoms with van der Waals surface area (Å²) in [7, 11) is 1.59. The van der Waals surface area contributed by atoms with Crippen LogP contribution in [0.4, 0.5) is 5.69 Å². The number of likely N-dealkylation sites (N-methyl/N-ethyl adjacent to an activating group) is 1. The summed E-state index contributed by atoms with van der Waals surface area (Å²) in [5.74, 6) is 2.74. The Bertz CT molecular complexity index is 631. The number of anilines is 1. The van der Waals surface area contributed by atoms with Crippen LogP contribution in [0.1, 0.15) is 39.0 Å². The molecule has 2 fully saturated rings. The minimum absolute atomic E-state index is 0.105. The van der Waals surface area contributed by atoms with Gasteiger partial charge in [-0.05, 0) is 56.1 Å². The highest BCUT2D eigenvalue weighted by atomic mass is 16.5. The van der Waals surface area contributed by atoms with Crippen molar-refractivity contribution in [2.75, 3.05) is 25.5 Å². The van der Waals surface area contributed by atoms with Crippen molar-refractivity contribution in [2.45, 2.75) is 39.0 Å². The van der Waals surface area contributed by atoms with E-state index in [0.717, 1.165) is 11.8 Å². The average Bonchev–Trinajstić information content (AvgIpc) is 3.22. The summed E-state index contributed by atoms with van der Waals surface area (Å²) in [6, 6.07) is 7.23. The fourth-order valence-corrected chi connectivity index (χ4v) is 4.43. The van der Waals surface area contributed by atoms with E-state index in [9.17, 15) is 9.59 Å². The molecule has 5 nitrogen and oxygen atoms in total. The maximum Gasteiger partial charge on any atom is 0.243 e. The number of hydrogen-bond donors (Lipinski definition) is 1. The molecular weight excluding hydrogens is 316 g/mol. The fraction of sp³-hybridized carbons (Fsp3) is 0.600. The molecular formula is C20H28N2O3. The molecule has 0 heterocycles. The molecule has 2 amide bonds. The molecule has 1 aromatic carbocycles. The van der Waals surface area contributed by atoms with Gasteiger partial charge in [-0.2, -0.15) is 0 Å².